The summed E-state index contributed by atoms with van der Waals surface area (Å²) in [5.41, 5.74) is -0.406. The van der Waals surface area contributed by atoms with E-state index < -0.39 is 24.0 Å². The second-order valence-corrected chi connectivity index (χ2v) is 4.98. The zero-order valence-electron chi connectivity index (χ0n) is 13.7. The Morgan fingerprint density at radius 2 is 1.86 bits per heavy atom. The minimum Gasteiger partial charge on any atom is -0.429 e. The lowest BCUT2D eigenvalue weighted by Crippen LogP contribution is -2.29. The summed E-state index contributed by atoms with van der Waals surface area (Å²) in [6.07, 6.45) is -1.56. The minimum absolute atomic E-state index is 0.200. The van der Waals surface area contributed by atoms with Crippen LogP contribution in [0.1, 0.15) is 41.0 Å². The fourth-order valence-electron chi connectivity index (χ4n) is 0.878. The third kappa shape index (κ3) is 9.32. The smallest absolute Gasteiger partial charge is 0.429 e. The SMILES string of the molecule is C=C(C)C(=O)OC(COC(=O)OOOC(C)(C)CC)OCC. The Balaban J connectivity index is 4.11. The van der Waals surface area contributed by atoms with E-state index in [1.807, 2.05) is 6.92 Å². The first kappa shape index (κ1) is 20.4. The maximum Gasteiger partial charge on any atom is 0.542 e. The maximum absolute atomic E-state index is 11.4. The molecule has 0 fully saturated rings. The van der Waals surface area contributed by atoms with Crippen LogP contribution in [0.3, 0.4) is 0 Å². The Kier molecular flexibility index (Phi) is 9.39. The molecule has 0 spiro atoms. The van der Waals surface area contributed by atoms with Crippen molar-refractivity contribution in [2.24, 2.45) is 0 Å². The van der Waals surface area contributed by atoms with E-state index in [2.05, 4.69) is 21.2 Å². The minimum atomic E-state index is -1.15. The highest BCUT2D eigenvalue weighted by atomic mass is 17.5. The first-order valence-corrected chi connectivity index (χ1v) is 6.89. The third-order valence-corrected chi connectivity index (χ3v) is 2.49. The number of rotatable bonds is 10. The van der Waals surface area contributed by atoms with Gasteiger partial charge in [-0.25, -0.2) is 14.5 Å². The average molecular weight is 320 g/mol. The molecule has 1 atom stereocenters. The molecule has 128 valence electrons. The van der Waals surface area contributed by atoms with Crippen LogP contribution >= 0.6 is 0 Å². The molecule has 0 rings (SSSR count). The fraction of sp³-hybridized carbons (Fsp3) is 0.714. The van der Waals surface area contributed by atoms with Crippen LogP contribution in [0.15, 0.2) is 12.2 Å². The van der Waals surface area contributed by atoms with E-state index in [9.17, 15) is 9.59 Å². The van der Waals surface area contributed by atoms with Gasteiger partial charge < -0.3 is 14.2 Å². The van der Waals surface area contributed by atoms with E-state index >= 15 is 0 Å². The molecule has 1 unspecified atom stereocenters. The number of hydrogen-bond donors (Lipinski definition) is 0. The molecule has 0 amide bonds. The average Bonchev–Trinajstić information content (AvgIpc) is 2.44. The molecular weight excluding hydrogens is 296 g/mol. The summed E-state index contributed by atoms with van der Waals surface area (Å²) in [7, 11) is 0. The summed E-state index contributed by atoms with van der Waals surface area (Å²) < 4.78 is 14.7. The molecule has 8 heteroatoms. The largest absolute Gasteiger partial charge is 0.542 e. The second kappa shape index (κ2) is 10.1. The maximum atomic E-state index is 11.4. The van der Waals surface area contributed by atoms with Crippen molar-refractivity contribution in [2.75, 3.05) is 13.2 Å². The zero-order valence-corrected chi connectivity index (χ0v) is 13.7. The molecule has 0 aromatic heterocycles. The van der Waals surface area contributed by atoms with Crippen molar-refractivity contribution in [1.29, 1.82) is 0 Å². The van der Waals surface area contributed by atoms with Gasteiger partial charge in [0.05, 0.1) is 0 Å². The Morgan fingerprint density at radius 3 is 2.36 bits per heavy atom. The lowest BCUT2D eigenvalue weighted by molar-refractivity contribution is -0.517. The summed E-state index contributed by atoms with van der Waals surface area (Å²) in [5.74, 6) is -0.653. The first-order valence-electron chi connectivity index (χ1n) is 6.89. The summed E-state index contributed by atoms with van der Waals surface area (Å²) in [6, 6.07) is 0. The van der Waals surface area contributed by atoms with Crippen molar-refractivity contribution in [3.8, 4) is 0 Å². The molecule has 8 nitrogen and oxygen atoms in total. The highest BCUT2D eigenvalue weighted by Crippen LogP contribution is 2.14. The van der Waals surface area contributed by atoms with Crippen LogP contribution in [0.5, 0.6) is 0 Å². The molecule has 0 aliphatic heterocycles. The topological polar surface area (TPSA) is 89.5 Å². The molecule has 0 N–H and O–H groups in total. The van der Waals surface area contributed by atoms with Crippen LogP contribution in [0, 0.1) is 0 Å². The molecule has 0 saturated carbocycles. The molecule has 0 heterocycles. The standard InChI is InChI=1S/C14H24O8/c1-7-14(5,6)21-22-20-13(16)18-9-11(17-8-2)19-12(15)10(3)4/h11H,3,7-9H2,1-2,4-6H3. The van der Waals surface area contributed by atoms with E-state index in [1.54, 1.807) is 20.8 Å². The van der Waals surface area contributed by atoms with Gasteiger partial charge in [-0.05, 0) is 39.2 Å². The third-order valence-electron chi connectivity index (χ3n) is 2.49. The predicted molar refractivity (Wildman–Crippen MR) is 75.3 cm³/mol. The van der Waals surface area contributed by atoms with Crippen molar-refractivity contribution >= 4 is 12.1 Å². The van der Waals surface area contributed by atoms with Crippen LogP contribution in [0.25, 0.3) is 0 Å². The van der Waals surface area contributed by atoms with Gasteiger partial charge in [0.15, 0.2) is 6.61 Å². The van der Waals surface area contributed by atoms with Gasteiger partial charge in [-0.3, -0.25) is 0 Å². The summed E-state index contributed by atoms with van der Waals surface area (Å²) >= 11 is 0. The lowest BCUT2D eigenvalue weighted by atomic mass is 10.1. The summed E-state index contributed by atoms with van der Waals surface area (Å²) in [4.78, 5) is 31.8. The Bertz CT molecular complexity index is 377. The summed E-state index contributed by atoms with van der Waals surface area (Å²) in [5, 5.41) is 4.33. The lowest BCUT2D eigenvalue weighted by Gasteiger charge is -2.19. The molecular formula is C14H24O8. The van der Waals surface area contributed by atoms with Crippen LogP contribution in [0.4, 0.5) is 4.79 Å². The van der Waals surface area contributed by atoms with E-state index in [-0.39, 0.29) is 18.8 Å². The second-order valence-electron chi connectivity index (χ2n) is 4.98. The van der Waals surface area contributed by atoms with E-state index in [0.29, 0.717) is 6.42 Å². The predicted octanol–water partition coefficient (Wildman–Crippen LogP) is 2.67. The van der Waals surface area contributed by atoms with Crippen molar-refractivity contribution in [1.82, 2.24) is 0 Å². The number of hydrogen-bond acceptors (Lipinski definition) is 8. The van der Waals surface area contributed by atoms with Crippen LogP contribution in [0.2, 0.25) is 0 Å². The Labute approximate surface area is 130 Å². The van der Waals surface area contributed by atoms with Crippen molar-refractivity contribution in [3.05, 3.63) is 12.2 Å². The first-order chi connectivity index (χ1) is 10.2. The van der Waals surface area contributed by atoms with Crippen LogP contribution in [-0.2, 0) is 33.8 Å². The van der Waals surface area contributed by atoms with Crippen molar-refractivity contribution in [2.45, 2.75) is 52.9 Å². The molecule has 0 radical (unpaired) electrons. The van der Waals surface area contributed by atoms with Gasteiger partial charge in [0.25, 0.3) is 0 Å². The Hall–Kier alpha value is -1.64. The van der Waals surface area contributed by atoms with Gasteiger partial charge in [0.1, 0.15) is 5.60 Å². The molecule has 0 aromatic carbocycles. The molecule has 0 aliphatic rings. The molecule has 0 aromatic rings. The molecule has 22 heavy (non-hydrogen) atoms. The van der Waals surface area contributed by atoms with Crippen molar-refractivity contribution < 1.29 is 38.6 Å². The highest BCUT2D eigenvalue weighted by molar-refractivity contribution is 5.87. The normalized spacial score (nSPS) is 12.4. The van der Waals surface area contributed by atoms with Crippen molar-refractivity contribution in [3.63, 3.8) is 0 Å². The number of esters is 1. The molecule has 0 saturated heterocycles. The van der Waals surface area contributed by atoms with Gasteiger partial charge in [-0.2, -0.15) is 4.89 Å². The van der Waals surface area contributed by atoms with E-state index in [0.717, 1.165) is 0 Å². The van der Waals surface area contributed by atoms with Gasteiger partial charge in [-0.1, -0.05) is 13.5 Å². The number of carbonyl (C=O) groups is 2. The quantitative estimate of drug-likeness (QED) is 0.199. The van der Waals surface area contributed by atoms with Crippen LogP contribution in [-0.4, -0.2) is 37.2 Å². The molecule has 0 aliphatic carbocycles. The Morgan fingerprint density at radius 1 is 1.23 bits per heavy atom. The van der Waals surface area contributed by atoms with Gasteiger partial charge in [0.2, 0.25) is 6.29 Å². The van der Waals surface area contributed by atoms with Gasteiger partial charge >= 0.3 is 12.1 Å². The highest BCUT2D eigenvalue weighted by Gasteiger charge is 2.21. The van der Waals surface area contributed by atoms with Gasteiger partial charge in [-0.15, -0.1) is 0 Å². The zero-order chi connectivity index (χ0) is 17.2. The van der Waals surface area contributed by atoms with E-state index in [4.69, 9.17) is 14.4 Å². The van der Waals surface area contributed by atoms with Gasteiger partial charge in [0, 0.05) is 12.2 Å². The van der Waals surface area contributed by atoms with E-state index in [1.165, 1.54) is 6.92 Å². The number of ether oxygens (including phenoxy) is 3. The fourth-order valence-corrected chi connectivity index (χ4v) is 0.878. The monoisotopic (exact) mass is 320 g/mol. The number of carbonyl (C=O) groups excluding carboxylic acids is 2. The summed E-state index contributed by atoms with van der Waals surface area (Å²) in [6.45, 7) is 11.9. The van der Waals surface area contributed by atoms with Crippen LogP contribution < -0.4 is 0 Å². The molecule has 0 bridgehead atoms.